The third-order valence-electron chi connectivity index (χ3n) is 6.38. The Kier molecular flexibility index (Phi) is 10.8. The van der Waals surface area contributed by atoms with Gasteiger partial charge in [0.2, 0.25) is 17.7 Å². The van der Waals surface area contributed by atoms with Crippen LogP contribution < -0.4 is 16.4 Å². The number of alkyl carbamates (subject to hydrolysis) is 1. The van der Waals surface area contributed by atoms with Crippen LogP contribution in [-0.2, 0) is 41.7 Å². The molecule has 1 aliphatic rings. The molecular formula is C30H38N4O7. The maximum Gasteiger partial charge on any atom is 0.408 e. The molecule has 2 aromatic carbocycles. The minimum absolute atomic E-state index is 0.00229. The van der Waals surface area contributed by atoms with E-state index in [0.29, 0.717) is 12.8 Å². The lowest BCUT2D eigenvalue weighted by Gasteiger charge is -2.30. The van der Waals surface area contributed by atoms with Crippen LogP contribution in [0, 0.1) is 0 Å². The quantitative estimate of drug-likeness (QED) is 0.352. The number of esters is 1. The van der Waals surface area contributed by atoms with Crippen molar-refractivity contribution in [1.82, 2.24) is 15.5 Å². The van der Waals surface area contributed by atoms with Gasteiger partial charge in [0.15, 0.2) is 0 Å². The van der Waals surface area contributed by atoms with Gasteiger partial charge in [0.05, 0.1) is 6.42 Å². The number of hydrogen-bond acceptors (Lipinski definition) is 7. The largest absolute Gasteiger partial charge is 0.461 e. The van der Waals surface area contributed by atoms with Crippen molar-refractivity contribution in [2.24, 2.45) is 5.73 Å². The summed E-state index contributed by atoms with van der Waals surface area (Å²) in [6, 6.07) is 14.9. The van der Waals surface area contributed by atoms with Crippen LogP contribution in [0.5, 0.6) is 0 Å². The van der Waals surface area contributed by atoms with Crippen LogP contribution in [0.2, 0.25) is 0 Å². The number of carbonyl (C=O) groups is 5. The molecular weight excluding hydrogens is 528 g/mol. The number of amides is 4. The summed E-state index contributed by atoms with van der Waals surface area (Å²) < 4.78 is 10.6. The molecule has 0 spiro atoms. The first kappa shape index (κ1) is 31.1. The average molecular weight is 567 g/mol. The second kappa shape index (κ2) is 14.3. The van der Waals surface area contributed by atoms with Gasteiger partial charge in [0.1, 0.15) is 30.3 Å². The summed E-state index contributed by atoms with van der Waals surface area (Å²) in [5.41, 5.74) is 6.29. The summed E-state index contributed by atoms with van der Waals surface area (Å²) in [5.74, 6) is -2.59. The highest BCUT2D eigenvalue weighted by atomic mass is 16.6. The van der Waals surface area contributed by atoms with Gasteiger partial charge in [-0.25, -0.2) is 4.79 Å². The highest BCUT2D eigenvalue weighted by molar-refractivity contribution is 5.95. The van der Waals surface area contributed by atoms with Crippen LogP contribution in [0.3, 0.4) is 0 Å². The lowest BCUT2D eigenvalue weighted by molar-refractivity contribution is -0.149. The van der Waals surface area contributed by atoms with Crippen molar-refractivity contribution in [3.63, 3.8) is 0 Å². The number of nitrogens with one attached hydrogen (secondary N) is 2. The van der Waals surface area contributed by atoms with Gasteiger partial charge in [-0.05, 0) is 44.7 Å². The predicted octanol–water partition coefficient (Wildman–Crippen LogP) is 2.22. The third-order valence-corrected chi connectivity index (χ3v) is 6.38. The molecule has 0 unspecified atom stereocenters. The maximum atomic E-state index is 13.7. The van der Waals surface area contributed by atoms with E-state index in [2.05, 4.69) is 10.6 Å². The molecule has 220 valence electrons. The summed E-state index contributed by atoms with van der Waals surface area (Å²) >= 11 is 0. The molecule has 2 aromatic rings. The molecule has 1 heterocycles. The van der Waals surface area contributed by atoms with Crippen molar-refractivity contribution >= 4 is 29.8 Å². The van der Waals surface area contributed by atoms with E-state index in [9.17, 15) is 24.0 Å². The minimum Gasteiger partial charge on any atom is -0.461 e. The molecule has 0 bridgehead atoms. The van der Waals surface area contributed by atoms with E-state index in [4.69, 9.17) is 15.2 Å². The van der Waals surface area contributed by atoms with Gasteiger partial charge < -0.3 is 30.7 Å². The van der Waals surface area contributed by atoms with Gasteiger partial charge in [0, 0.05) is 13.0 Å². The summed E-state index contributed by atoms with van der Waals surface area (Å²) in [7, 11) is 0. The van der Waals surface area contributed by atoms with Gasteiger partial charge in [-0.1, -0.05) is 60.7 Å². The zero-order valence-electron chi connectivity index (χ0n) is 23.6. The number of likely N-dealkylation sites (tertiary alicyclic amines) is 1. The van der Waals surface area contributed by atoms with Gasteiger partial charge in [-0.3, -0.25) is 19.2 Å². The second-order valence-electron chi connectivity index (χ2n) is 10.9. The number of nitrogens with two attached hydrogens (primary N) is 1. The zero-order chi connectivity index (χ0) is 30.0. The lowest BCUT2D eigenvalue weighted by atomic mass is 10.0. The van der Waals surface area contributed by atoms with Crippen LogP contribution in [0.25, 0.3) is 0 Å². The first-order valence-corrected chi connectivity index (χ1v) is 13.6. The smallest absolute Gasteiger partial charge is 0.408 e. The van der Waals surface area contributed by atoms with Crippen molar-refractivity contribution in [2.45, 2.75) is 76.8 Å². The maximum absolute atomic E-state index is 13.7. The fourth-order valence-corrected chi connectivity index (χ4v) is 4.46. The normalized spacial score (nSPS) is 16.3. The van der Waals surface area contributed by atoms with Crippen LogP contribution >= 0.6 is 0 Å². The Balaban J connectivity index is 1.71. The van der Waals surface area contributed by atoms with Gasteiger partial charge >= 0.3 is 12.1 Å². The SMILES string of the molecule is CC(C)(C)OC(=O)N[C@@H](CC(=O)OCc1ccccc1)C(=O)N1CCC[C@H]1C(=O)N[C@@H](Cc1ccccc1)C(N)=O. The molecule has 1 saturated heterocycles. The molecule has 0 saturated carbocycles. The number of hydrogen-bond donors (Lipinski definition) is 3. The van der Waals surface area contributed by atoms with Crippen molar-refractivity contribution in [3.05, 3.63) is 71.8 Å². The number of ether oxygens (including phenoxy) is 2. The van der Waals surface area contributed by atoms with Crippen molar-refractivity contribution < 1.29 is 33.4 Å². The lowest BCUT2D eigenvalue weighted by Crippen LogP contribution is -2.56. The van der Waals surface area contributed by atoms with E-state index in [0.717, 1.165) is 11.1 Å². The molecule has 0 aliphatic carbocycles. The Labute approximate surface area is 239 Å². The van der Waals surface area contributed by atoms with Crippen LogP contribution in [0.4, 0.5) is 4.79 Å². The molecule has 0 radical (unpaired) electrons. The Bertz CT molecular complexity index is 1210. The molecule has 1 fully saturated rings. The number of benzene rings is 2. The third kappa shape index (κ3) is 9.93. The number of nitrogens with zero attached hydrogens (tertiary/aromatic N) is 1. The Morgan fingerprint density at radius 3 is 2.12 bits per heavy atom. The first-order valence-electron chi connectivity index (χ1n) is 13.6. The summed E-state index contributed by atoms with van der Waals surface area (Å²) in [6.45, 7) is 5.23. The van der Waals surface area contributed by atoms with Gasteiger partial charge in [0.25, 0.3) is 0 Å². The Morgan fingerprint density at radius 2 is 1.54 bits per heavy atom. The number of primary amides is 1. The Morgan fingerprint density at radius 1 is 0.927 bits per heavy atom. The monoisotopic (exact) mass is 566 g/mol. The van der Waals surface area contributed by atoms with E-state index in [1.54, 1.807) is 45.0 Å². The molecule has 11 nitrogen and oxygen atoms in total. The van der Waals surface area contributed by atoms with Crippen molar-refractivity contribution in [1.29, 1.82) is 0 Å². The molecule has 0 aromatic heterocycles. The van der Waals surface area contributed by atoms with E-state index < -0.39 is 59.9 Å². The summed E-state index contributed by atoms with van der Waals surface area (Å²) in [6.07, 6.45) is -0.303. The standard InChI is InChI=1S/C30H38N4O7/c1-30(2,3)41-29(39)33-23(18-25(35)40-19-21-13-8-5-9-14-21)28(38)34-16-10-15-24(34)27(37)32-22(26(31)36)17-20-11-6-4-7-12-20/h4-9,11-14,22-24H,10,15-19H2,1-3H3,(H2,31,36)(H,32,37)(H,33,39)/t22-,23-,24-/m0/s1. The number of rotatable bonds is 11. The van der Waals surface area contributed by atoms with Gasteiger partial charge in [-0.2, -0.15) is 0 Å². The fraction of sp³-hybridized carbons (Fsp3) is 0.433. The van der Waals surface area contributed by atoms with Gasteiger partial charge in [-0.15, -0.1) is 0 Å². The zero-order valence-corrected chi connectivity index (χ0v) is 23.6. The molecule has 4 N–H and O–H groups in total. The number of carbonyl (C=O) groups excluding carboxylic acids is 5. The molecule has 4 amide bonds. The van der Waals surface area contributed by atoms with Crippen molar-refractivity contribution in [2.75, 3.05) is 6.54 Å². The molecule has 3 atom stereocenters. The average Bonchev–Trinajstić information content (AvgIpc) is 3.41. The van der Waals surface area contributed by atoms with E-state index in [1.165, 1.54) is 4.90 Å². The molecule has 11 heteroatoms. The molecule has 3 rings (SSSR count). The van der Waals surface area contributed by atoms with Crippen molar-refractivity contribution in [3.8, 4) is 0 Å². The minimum atomic E-state index is -1.34. The predicted molar refractivity (Wildman–Crippen MR) is 150 cm³/mol. The van der Waals surface area contributed by atoms with Crippen LogP contribution in [0.15, 0.2) is 60.7 Å². The summed E-state index contributed by atoms with van der Waals surface area (Å²) in [5, 5.41) is 5.14. The highest BCUT2D eigenvalue weighted by Crippen LogP contribution is 2.20. The highest BCUT2D eigenvalue weighted by Gasteiger charge is 2.40. The first-order chi connectivity index (χ1) is 19.4. The van der Waals surface area contributed by atoms with E-state index in [-0.39, 0.29) is 19.6 Å². The summed E-state index contributed by atoms with van der Waals surface area (Å²) in [4.78, 5) is 65.6. The second-order valence-corrected chi connectivity index (χ2v) is 10.9. The van der Waals surface area contributed by atoms with Crippen LogP contribution in [-0.4, -0.2) is 65.0 Å². The molecule has 1 aliphatic heterocycles. The van der Waals surface area contributed by atoms with E-state index >= 15 is 0 Å². The Hall–Kier alpha value is -4.41. The fourth-order valence-electron chi connectivity index (χ4n) is 4.46. The molecule has 41 heavy (non-hydrogen) atoms. The van der Waals surface area contributed by atoms with E-state index in [1.807, 2.05) is 36.4 Å². The van der Waals surface area contributed by atoms with Crippen LogP contribution in [0.1, 0.15) is 51.2 Å². The topological polar surface area (TPSA) is 157 Å².